The first-order valence-corrected chi connectivity index (χ1v) is 7.67. The molecule has 2 heterocycles. The summed E-state index contributed by atoms with van der Waals surface area (Å²) in [6, 6.07) is 4.81. The van der Waals surface area contributed by atoms with Crippen LogP contribution in [-0.4, -0.2) is 25.7 Å². The molecule has 0 unspecified atom stereocenters. The minimum atomic E-state index is -0.695. The van der Waals surface area contributed by atoms with E-state index >= 15 is 0 Å². The number of rotatable bonds is 3. The van der Waals surface area contributed by atoms with Crippen molar-refractivity contribution in [3.8, 4) is 0 Å². The van der Waals surface area contributed by atoms with E-state index in [1.54, 1.807) is 18.2 Å². The number of amides is 1. The van der Waals surface area contributed by atoms with E-state index in [9.17, 15) is 4.79 Å². The second kappa shape index (κ2) is 5.96. The van der Waals surface area contributed by atoms with Gasteiger partial charge in [0.05, 0.1) is 12.2 Å². The van der Waals surface area contributed by atoms with Crippen molar-refractivity contribution in [2.45, 2.75) is 13.0 Å². The average Bonchev–Trinajstić information content (AvgIpc) is 2.85. The molecule has 0 radical (unpaired) electrons. The number of hydrogen-bond acceptors (Lipinski definition) is 4. The van der Waals surface area contributed by atoms with Crippen molar-refractivity contribution in [2.75, 3.05) is 0 Å². The van der Waals surface area contributed by atoms with E-state index in [0.29, 0.717) is 21.2 Å². The van der Waals surface area contributed by atoms with Crippen LogP contribution in [0.3, 0.4) is 0 Å². The van der Waals surface area contributed by atoms with Gasteiger partial charge in [-0.05, 0) is 24.6 Å². The molecule has 0 bridgehead atoms. The number of halogens is 3. The minimum Gasteiger partial charge on any atom is -0.364 e. The summed E-state index contributed by atoms with van der Waals surface area (Å²) in [4.78, 5) is 19.9. The van der Waals surface area contributed by atoms with Gasteiger partial charge in [-0.25, -0.2) is 14.6 Å². The highest BCUT2D eigenvalue weighted by Gasteiger charge is 2.22. The summed E-state index contributed by atoms with van der Waals surface area (Å²) >= 11 is 18.1. The Bertz CT molecular complexity index is 924. The first-order chi connectivity index (χ1) is 10.9. The predicted octanol–water partition coefficient (Wildman–Crippen LogP) is 3.49. The van der Waals surface area contributed by atoms with Gasteiger partial charge in [-0.3, -0.25) is 4.79 Å². The number of carbonyl (C=O) groups is 1. The monoisotopic (exact) mass is 369 g/mol. The van der Waals surface area contributed by atoms with E-state index in [1.807, 2.05) is 6.92 Å². The van der Waals surface area contributed by atoms with Gasteiger partial charge in [-0.15, -0.1) is 0 Å². The van der Waals surface area contributed by atoms with E-state index in [0.717, 1.165) is 5.56 Å². The summed E-state index contributed by atoms with van der Waals surface area (Å²) < 4.78 is 1.52. The standard InChI is InChI=1S/C14H10Cl3N5O/c1-6(8-3-2-7(15)4-9(8)16)22-14-12(11(21-22)13(18)23)19-5-10(17)20-14/h2-6H,1H3,(H2,18,23)/t6-/m1/s1. The topological polar surface area (TPSA) is 86.7 Å². The van der Waals surface area contributed by atoms with E-state index in [1.165, 1.54) is 10.9 Å². The highest BCUT2D eigenvalue weighted by Crippen LogP contribution is 2.30. The summed E-state index contributed by atoms with van der Waals surface area (Å²) in [5.74, 6) is -0.695. The first-order valence-electron chi connectivity index (χ1n) is 6.54. The number of nitrogens with zero attached hydrogens (tertiary/aromatic N) is 4. The maximum absolute atomic E-state index is 11.6. The minimum absolute atomic E-state index is 0.0288. The first kappa shape index (κ1) is 16.0. The zero-order valence-corrected chi connectivity index (χ0v) is 14.1. The fourth-order valence-electron chi connectivity index (χ4n) is 2.30. The van der Waals surface area contributed by atoms with Crippen LogP contribution in [-0.2, 0) is 0 Å². The van der Waals surface area contributed by atoms with Gasteiger partial charge in [0.2, 0.25) is 0 Å². The third-order valence-corrected chi connectivity index (χ3v) is 4.13. The van der Waals surface area contributed by atoms with Crippen LogP contribution in [0.15, 0.2) is 24.4 Å². The van der Waals surface area contributed by atoms with Gasteiger partial charge < -0.3 is 5.73 Å². The van der Waals surface area contributed by atoms with Crippen LogP contribution >= 0.6 is 34.8 Å². The molecule has 9 heteroatoms. The fraction of sp³-hybridized carbons (Fsp3) is 0.143. The predicted molar refractivity (Wildman–Crippen MR) is 89.1 cm³/mol. The van der Waals surface area contributed by atoms with Gasteiger partial charge in [-0.2, -0.15) is 5.10 Å². The van der Waals surface area contributed by atoms with Crippen LogP contribution in [0.4, 0.5) is 0 Å². The number of aromatic nitrogens is 4. The molecule has 0 saturated carbocycles. The van der Waals surface area contributed by atoms with E-state index in [4.69, 9.17) is 40.5 Å². The third kappa shape index (κ3) is 2.85. The summed E-state index contributed by atoms with van der Waals surface area (Å²) in [5, 5.41) is 5.42. The maximum atomic E-state index is 11.6. The molecule has 0 aliphatic carbocycles. The Balaban J connectivity index is 2.22. The Hall–Kier alpha value is -1.89. The van der Waals surface area contributed by atoms with Crippen molar-refractivity contribution in [2.24, 2.45) is 5.73 Å². The Morgan fingerprint density at radius 2 is 2.04 bits per heavy atom. The number of benzene rings is 1. The van der Waals surface area contributed by atoms with Gasteiger partial charge in [0, 0.05) is 10.0 Å². The van der Waals surface area contributed by atoms with Crippen molar-refractivity contribution in [1.29, 1.82) is 0 Å². The Morgan fingerprint density at radius 3 is 2.70 bits per heavy atom. The lowest BCUT2D eigenvalue weighted by molar-refractivity contribution is 0.0996. The molecular weight excluding hydrogens is 361 g/mol. The molecule has 118 valence electrons. The zero-order chi connectivity index (χ0) is 16.7. The molecule has 1 atom stereocenters. The van der Waals surface area contributed by atoms with Crippen LogP contribution in [0.2, 0.25) is 15.2 Å². The quantitative estimate of drug-likeness (QED) is 0.764. The molecule has 0 saturated heterocycles. The van der Waals surface area contributed by atoms with Crippen LogP contribution < -0.4 is 5.73 Å². The molecular formula is C14H10Cl3N5O. The molecule has 0 spiro atoms. The van der Waals surface area contributed by atoms with Crippen molar-refractivity contribution in [3.63, 3.8) is 0 Å². The molecule has 0 fully saturated rings. The molecule has 23 heavy (non-hydrogen) atoms. The Kier molecular flexibility index (Phi) is 4.14. The average molecular weight is 371 g/mol. The Morgan fingerprint density at radius 1 is 1.30 bits per heavy atom. The maximum Gasteiger partial charge on any atom is 0.271 e. The van der Waals surface area contributed by atoms with Crippen molar-refractivity contribution < 1.29 is 4.79 Å². The van der Waals surface area contributed by atoms with Gasteiger partial charge in [0.1, 0.15) is 10.7 Å². The van der Waals surface area contributed by atoms with E-state index in [-0.39, 0.29) is 16.9 Å². The lowest BCUT2D eigenvalue weighted by atomic mass is 10.1. The van der Waals surface area contributed by atoms with E-state index < -0.39 is 5.91 Å². The molecule has 0 aliphatic heterocycles. The van der Waals surface area contributed by atoms with Crippen molar-refractivity contribution in [3.05, 3.63) is 50.9 Å². The normalized spacial score (nSPS) is 12.5. The number of fused-ring (bicyclic) bond motifs is 1. The lowest BCUT2D eigenvalue weighted by Gasteiger charge is -2.15. The van der Waals surface area contributed by atoms with Gasteiger partial charge in [0.15, 0.2) is 11.3 Å². The van der Waals surface area contributed by atoms with Gasteiger partial charge in [-0.1, -0.05) is 40.9 Å². The zero-order valence-electron chi connectivity index (χ0n) is 11.8. The second-order valence-corrected chi connectivity index (χ2v) is 6.10. The van der Waals surface area contributed by atoms with Gasteiger partial charge >= 0.3 is 0 Å². The highest BCUT2D eigenvalue weighted by molar-refractivity contribution is 6.35. The molecule has 0 aliphatic rings. The highest BCUT2D eigenvalue weighted by atomic mass is 35.5. The second-order valence-electron chi connectivity index (χ2n) is 4.86. The summed E-state index contributed by atoms with van der Waals surface area (Å²) in [6.07, 6.45) is 1.34. The van der Waals surface area contributed by atoms with Crippen LogP contribution in [0.1, 0.15) is 29.0 Å². The third-order valence-electron chi connectivity index (χ3n) is 3.39. The number of nitrogens with two attached hydrogens (primary N) is 1. The summed E-state index contributed by atoms with van der Waals surface area (Å²) in [7, 11) is 0. The molecule has 3 aromatic rings. The van der Waals surface area contributed by atoms with E-state index in [2.05, 4.69) is 15.1 Å². The fourth-order valence-corrected chi connectivity index (χ4v) is 2.99. The van der Waals surface area contributed by atoms with Crippen molar-refractivity contribution >= 4 is 51.9 Å². The lowest BCUT2D eigenvalue weighted by Crippen LogP contribution is -2.14. The van der Waals surface area contributed by atoms with Gasteiger partial charge in [0.25, 0.3) is 5.91 Å². The summed E-state index contributed by atoms with van der Waals surface area (Å²) in [6.45, 7) is 1.86. The SMILES string of the molecule is C[C@H](c1ccc(Cl)cc1Cl)n1nc(C(N)=O)c2ncc(Cl)nc21. The molecule has 2 aromatic heterocycles. The number of carbonyl (C=O) groups excluding carboxylic acids is 1. The van der Waals surface area contributed by atoms with Crippen molar-refractivity contribution in [1.82, 2.24) is 19.7 Å². The Labute approximate surface area is 146 Å². The summed E-state index contributed by atoms with van der Waals surface area (Å²) in [5.41, 5.74) is 6.79. The van der Waals surface area contributed by atoms with Crippen LogP contribution in [0.5, 0.6) is 0 Å². The molecule has 3 rings (SSSR count). The molecule has 2 N–H and O–H groups in total. The smallest absolute Gasteiger partial charge is 0.271 e. The molecule has 1 aromatic carbocycles. The van der Waals surface area contributed by atoms with Crippen LogP contribution in [0, 0.1) is 0 Å². The number of primary amides is 1. The molecule has 1 amide bonds. The largest absolute Gasteiger partial charge is 0.364 e. The molecule has 6 nitrogen and oxygen atoms in total. The number of hydrogen-bond donors (Lipinski definition) is 1. The van der Waals surface area contributed by atoms with Crippen LogP contribution in [0.25, 0.3) is 11.2 Å².